The van der Waals surface area contributed by atoms with Crippen molar-refractivity contribution in [3.8, 4) is 0 Å². The Morgan fingerprint density at radius 3 is 2.75 bits per heavy atom. The van der Waals surface area contributed by atoms with Gasteiger partial charge in [-0.1, -0.05) is 22.9 Å². The lowest BCUT2D eigenvalue weighted by Crippen LogP contribution is -2.48. The highest BCUT2D eigenvalue weighted by Crippen LogP contribution is 2.32. The van der Waals surface area contributed by atoms with Crippen LogP contribution in [0.4, 0.5) is 22.0 Å². The monoisotopic (exact) mass is 497 g/mol. The largest absolute Gasteiger partial charge is 0.465 e. The van der Waals surface area contributed by atoms with E-state index in [9.17, 15) is 14.7 Å². The SMILES string of the molecule is CCC(=O)c1cnc2ccc(Br)cc2c1Nc1ccc(N(C(=O)O)C2CCCNC2)nc1. The fourth-order valence-electron chi connectivity index (χ4n) is 3.94. The van der Waals surface area contributed by atoms with E-state index in [-0.39, 0.29) is 11.8 Å². The van der Waals surface area contributed by atoms with Crippen LogP contribution in [0, 0.1) is 0 Å². The number of carbonyl (C=O) groups excluding carboxylic acids is 1. The predicted octanol–water partition coefficient (Wildman–Crippen LogP) is 4.97. The molecular formula is C23H24BrN5O3. The third-order valence-corrected chi connectivity index (χ3v) is 6.05. The molecule has 1 saturated heterocycles. The maximum atomic E-state index is 12.6. The molecule has 0 radical (unpaired) electrons. The molecule has 166 valence electrons. The van der Waals surface area contributed by atoms with E-state index < -0.39 is 6.09 Å². The van der Waals surface area contributed by atoms with Crippen LogP contribution in [0.5, 0.6) is 0 Å². The quantitative estimate of drug-likeness (QED) is 0.412. The van der Waals surface area contributed by atoms with Crippen LogP contribution < -0.4 is 15.5 Å². The number of anilines is 3. The highest BCUT2D eigenvalue weighted by molar-refractivity contribution is 9.10. The number of carbonyl (C=O) groups is 2. The molecule has 32 heavy (non-hydrogen) atoms. The predicted molar refractivity (Wildman–Crippen MR) is 128 cm³/mol. The summed E-state index contributed by atoms with van der Waals surface area (Å²) in [5.74, 6) is 0.359. The summed E-state index contributed by atoms with van der Waals surface area (Å²) >= 11 is 3.49. The lowest BCUT2D eigenvalue weighted by Gasteiger charge is -2.31. The number of benzene rings is 1. The summed E-state index contributed by atoms with van der Waals surface area (Å²) in [6, 6.07) is 9.01. The van der Waals surface area contributed by atoms with Gasteiger partial charge < -0.3 is 15.7 Å². The second-order valence-electron chi connectivity index (χ2n) is 7.67. The molecule has 3 N–H and O–H groups in total. The number of carboxylic acid groups (broad SMARTS) is 1. The van der Waals surface area contributed by atoms with Gasteiger partial charge in [0.25, 0.3) is 0 Å². The van der Waals surface area contributed by atoms with Gasteiger partial charge in [-0.2, -0.15) is 0 Å². The first-order valence-corrected chi connectivity index (χ1v) is 11.3. The molecule has 9 heteroatoms. The topological polar surface area (TPSA) is 107 Å². The number of Topliss-reactive ketones (excluding diaryl/α,β-unsaturated/α-hetero) is 1. The zero-order valence-corrected chi connectivity index (χ0v) is 19.2. The Balaban J connectivity index is 1.68. The molecule has 4 rings (SSSR count). The van der Waals surface area contributed by atoms with E-state index in [0.29, 0.717) is 35.7 Å². The minimum absolute atomic E-state index is 0.0201. The van der Waals surface area contributed by atoms with E-state index in [1.807, 2.05) is 25.1 Å². The van der Waals surface area contributed by atoms with Crippen LogP contribution in [0.15, 0.2) is 47.2 Å². The molecule has 8 nitrogen and oxygen atoms in total. The first-order chi connectivity index (χ1) is 15.5. The van der Waals surface area contributed by atoms with Gasteiger partial charge in [0.05, 0.1) is 34.7 Å². The first-order valence-electron chi connectivity index (χ1n) is 10.6. The smallest absolute Gasteiger partial charge is 0.413 e. The standard InChI is InChI=1S/C23H24BrN5O3/c1-2-20(30)18-13-26-19-7-5-14(24)10-17(19)22(18)28-15-6-8-21(27-11-15)29(23(31)32)16-4-3-9-25-12-16/h5-8,10-11,13,16,25H,2-4,9,12H2,1H3,(H,26,28)(H,31,32). The summed E-state index contributed by atoms with van der Waals surface area (Å²) in [6.07, 6.45) is 4.23. The Bertz CT molecular complexity index is 1150. The number of ketones is 1. The molecule has 1 amide bonds. The summed E-state index contributed by atoms with van der Waals surface area (Å²) in [5, 5.41) is 17.1. The van der Waals surface area contributed by atoms with Gasteiger partial charge in [0.15, 0.2) is 5.78 Å². The van der Waals surface area contributed by atoms with Gasteiger partial charge in [0.1, 0.15) is 5.82 Å². The van der Waals surface area contributed by atoms with Crippen LogP contribution in [0.25, 0.3) is 10.9 Å². The molecule has 0 bridgehead atoms. The number of hydrogen-bond donors (Lipinski definition) is 3. The Kier molecular flexibility index (Phi) is 6.66. The van der Waals surface area contributed by atoms with Gasteiger partial charge in [-0.15, -0.1) is 0 Å². The number of halogens is 1. The van der Waals surface area contributed by atoms with E-state index in [4.69, 9.17) is 0 Å². The number of fused-ring (bicyclic) bond motifs is 1. The van der Waals surface area contributed by atoms with E-state index in [1.165, 1.54) is 4.90 Å². The summed E-state index contributed by atoms with van der Waals surface area (Å²) in [5.41, 5.74) is 2.57. The van der Waals surface area contributed by atoms with Gasteiger partial charge in [0.2, 0.25) is 0 Å². The van der Waals surface area contributed by atoms with Crippen molar-refractivity contribution >= 4 is 55.9 Å². The number of piperidine rings is 1. The zero-order chi connectivity index (χ0) is 22.7. The maximum Gasteiger partial charge on any atom is 0.413 e. The molecule has 0 spiro atoms. The summed E-state index contributed by atoms with van der Waals surface area (Å²) in [4.78, 5) is 34.6. The van der Waals surface area contributed by atoms with Crippen molar-refractivity contribution < 1.29 is 14.7 Å². The molecular weight excluding hydrogens is 474 g/mol. The van der Waals surface area contributed by atoms with E-state index in [0.717, 1.165) is 34.8 Å². The van der Waals surface area contributed by atoms with Crippen LogP contribution in [0.2, 0.25) is 0 Å². The highest BCUT2D eigenvalue weighted by Gasteiger charge is 2.27. The van der Waals surface area contributed by atoms with Crippen molar-refractivity contribution in [1.29, 1.82) is 0 Å². The Morgan fingerprint density at radius 1 is 1.25 bits per heavy atom. The fraction of sp³-hybridized carbons (Fsp3) is 0.304. The Labute approximate surface area is 194 Å². The van der Waals surface area contributed by atoms with E-state index in [1.54, 1.807) is 24.5 Å². The van der Waals surface area contributed by atoms with Crippen LogP contribution >= 0.6 is 15.9 Å². The molecule has 0 saturated carbocycles. The van der Waals surface area contributed by atoms with Gasteiger partial charge in [0, 0.05) is 29.0 Å². The van der Waals surface area contributed by atoms with E-state index in [2.05, 4.69) is 36.5 Å². The van der Waals surface area contributed by atoms with Crippen molar-refractivity contribution in [3.63, 3.8) is 0 Å². The summed E-state index contributed by atoms with van der Waals surface area (Å²) in [7, 11) is 0. The second kappa shape index (κ2) is 9.62. The maximum absolute atomic E-state index is 12.6. The average molecular weight is 498 g/mol. The highest BCUT2D eigenvalue weighted by atomic mass is 79.9. The number of hydrogen-bond acceptors (Lipinski definition) is 6. The molecule has 1 aliphatic heterocycles. The van der Waals surface area contributed by atoms with E-state index >= 15 is 0 Å². The van der Waals surface area contributed by atoms with Crippen LogP contribution in [0.1, 0.15) is 36.5 Å². The van der Waals surface area contributed by atoms with Gasteiger partial charge in [-0.25, -0.2) is 9.78 Å². The van der Waals surface area contributed by atoms with Crippen molar-refractivity contribution in [2.45, 2.75) is 32.2 Å². The summed E-state index contributed by atoms with van der Waals surface area (Å²) < 4.78 is 0.877. The molecule has 2 aromatic heterocycles. The minimum Gasteiger partial charge on any atom is -0.465 e. The number of nitrogens with one attached hydrogen (secondary N) is 2. The lowest BCUT2D eigenvalue weighted by molar-refractivity contribution is 0.0988. The average Bonchev–Trinajstić information content (AvgIpc) is 2.80. The normalized spacial score (nSPS) is 16.0. The fourth-order valence-corrected chi connectivity index (χ4v) is 4.30. The third kappa shape index (κ3) is 4.58. The summed E-state index contributed by atoms with van der Waals surface area (Å²) in [6.45, 7) is 3.32. The zero-order valence-electron chi connectivity index (χ0n) is 17.6. The van der Waals surface area contributed by atoms with Gasteiger partial charge in [-0.3, -0.25) is 14.7 Å². The molecule has 1 aromatic carbocycles. The van der Waals surface area contributed by atoms with Crippen LogP contribution in [0.3, 0.4) is 0 Å². The second-order valence-corrected chi connectivity index (χ2v) is 8.58. The van der Waals surface area contributed by atoms with Gasteiger partial charge >= 0.3 is 6.09 Å². The van der Waals surface area contributed by atoms with Crippen molar-refractivity contribution in [1.82, 2.24) is 15.3 Å². The van der Waals surface area contributed by atoms with Crippen molar-refractivity contribution in [3.05, 3.63) is 52.8 Å². The number of aromatic nitrogens is 2. The molecule has 1 atom stereocenters. The first kappa shape index (κ1) is 22.2. The number of rotatable bonds is 6. The Hall–Kier alpha value is -3.04. The molecule has 1 fully saturated rings. The Morgan fingerprint density at radius 2 is 2.09 bits per heavy atom. The number of pyridine rings is 2. The van der Waals surface area contributed by atoms with Crippen LogP contribution in [-0.2, 0) is 0 Å². The van der Waals surface area contributed by atoms with Gasteiger partial charge in [-0.05, 0) is 49.7 Å². The van der Waals surface area contributed by atoms with Crippen molar-refractivity contribution in [2.24, 2.45) is 0 Å². The third-order valence-electron chi connectivity index (χ3n) is 5.56. The number of nitrogens with zero attached hydrogens (tertiary/aromatic N) is 3. The molecule has 3 aromatic rings. The molecule has 1 unspecified atom stereocenters. The minimum atomic E-state index is -1.02. The lowest BCUT2D eigenvalue weighted by atomic mass is 10.0. The molecule has 3 heterocycles. The number of amides is 1. The van der Waals surface area contributed by atoms with Crippen molar-refractivity contribution in [2.75, 3.05) is 23.3 Å². The molecule has 1 aliphatic rings. The molecule has 0 aliphatic carbocycles. The van der Waals surface area contributed by atoms with Crippen LogP contribution in [-0.4, -0.2) is 46.1 Å².